The number of carbonyl (C=O) groups is 1. The molecule has 1 aromatic heterocycles. The monoisotopic (exact) mass is 401 g/mol. The summed E-state index contributed by atoms with van der Waals surface area (Å²) in [6.45, 7) is 1.33. The van der Waals surface area contributed by atoms with E-state index in [2.05, 4.69) is 4.98 Å². The molecule has 0 aliphatic carbocycles. The van der Waals surface area contributed by atoms with Crippen molar-refractivity contribution in [1.82, 2.24) is 14.5 Å². The normalized spacial score (nSPS) is 15.4. The van der Waals surface area contributed by atoms with E-state index >= 15 is 0 Å². The summed E-state index contributed by atoms with van der Waals surface area (Å²) in [7, 11) is 0. The van der Waals surface area contributed by atoms with E-state index in [9.17, 15) is 9.59 Å². The Hall–Kier alpha value is -2.18. The van der Waals surface area contributed by atoms with E-state index in [1.807, 2.05) is 58.0 Å². The highest BCUT2D eigenvalue weighted by molar-refractivity contribution is 8.00. The van der Waals surface area contributed by atoms with Crippen molar-refractivity contribution in [2.75, 3.05) is 18.8 Å². The van der Waals surface area contributed by atoms with Gasteiger partial charge in [0, 0.05) is 24.0 Å². The molecule has 0 radical (unpaired) electrons. The summed E-state index contributed by atoms with van der Waals surface area (Å²) in [6, 6.07) is 15.4. The van der Waals surface area contributed by atoms with Gasteiger partial charge in [-0.1, -0.05) is 35.9 Å². The molecule has 0 spiro atoms. The lowest BCUT2D eigenvalue weighted by Crippen LogP contribution is -2.41. The van der Waals surface area contributed by atoms with Crippen molar-refractivity contribution >= 4 is 40.3 Å². The first kappa shape index (κ1) is 18.2. The molecule has 1 amide bonds. The second-order valence-corrected chi connectivity index (χ2v) is 8.07. The zero-order valence-corrected chi connectivity index (χ0v) is 16.3. The van der Waals surface area contributed by atoms with Crippen molar-refractivity contribution in [3.8, 4) is 0 Å². The van der Waals surface area contributed by atoms with Gasteiger partial charge in [0.1, 0.15) is 0 Å². The molecule has 2 heterocycles. The van der Waals surface area contributed by atoms with Gasteiger partial charge in [0.25, 0.3) is 0 Å². The van der Waals surface area contributed by atoms with Crippen LogP contribution in [0.5, 0.6) is 0 Å². The number of imidazole rings is 1. The van der Waals surface area contributed by atoms with Crippen molar-refractivity contribution in [2.24, 2.45) is 0 Å². The van der Waals surface area contributed by atoms with Gasteiger partial charge in [-0.15, -0.1) is 11.8 Å². The summed E-state index contributed by atoms with van der Waals surface area (Å²) in [5.74, 6) is 0.492. The van der Waals surface area contributed by atoms with E-state index < -0.39 is 0 Å². The lowest BCUT2D eigenvalue weighted by Gasteiger charge is -2.32. The molecule has 0 unspecified atom stereocenters. The summed E-state index contributed by atoms with van der Waals surface area (Å²) in [5, 5.41) is 0.674. The van der Waals surface area contributed by atoms with Crippen LogP contribution in [-0.4, -0.2) is 39.2 Å². The number of nitrogens with zero attached hydrogens (tertiary/aromatic N) is 2. The van der Waals surface area contributed by atoms with Gasteiger partial charge >= 0.3 is 5.69 Å². The molecule has 3 aromatic rings. The molecule has 1 aliphatic rings. The van der Waals surface area contributed by atoms with Crippen LogP contribution in [-0.2, 0) is 4.79 Å². The SMILES string of the molecule is O=C(CSc1ccccc1Cl)N1CCC(n2c(=O)[nH]c3ccccc32)CC1. The largest absolute Gasteiger partial charge is 0.342 e. The van der Waals surface area contributed by atoms with Crippen LogP contribution in [0.25, 0.3) is 11.0 Å². The third-order valence-corrected chi connectivity index (χ3v) is 6.49. The summed E-state index contributed by atoms with van der Waals surface area (Å²) in [4.78, 5) is 30.6. The first-order valence-electron chi connectivity index (χ1n) is 8.98. The number of rotatable bonds is 4. The second kappa shape index (κ2) is 7.82. The minimum atomic E-state index is -0.0738. The van der Waals surface area contributed by atoms with E-state index in [4.69, 9.17) is 11.6 Å². The fourth-order valence-corrected chi connectivity index (χ4v) is 4.74. The highest BCUT2D eigenvalue weighted by Gasteiger charge is 2.26. The average Bonchev–Trinajstić information content (AvgIpc) is 3.03. The van der Waals surface area contributed by atoms with Gasteiger partial charge in [-0.2, -0.15) is 0 Å². The Balaban J connectivity index is 1.38. The predicted molar refractivity (Wildman–Crippen MR) is 110 cm³/mol. The van der Waals surface area contributed by atoms with Gasteiger partial charge in [0.15, 0.2) is 0 Å². The number of hydrogen-bond donors (Lipinski definition) is 1. The molecule has 0 atom stereocenters. The van der Waals surface area contributed by atoms with Gasteiger partial charge in [-0.3, -0.25) is 9.36 Å². The van der Waals surface area contributed by atoms with E-state index in [0.29, 0.717) is 23.9 Å². The highest BCUT2D eigenvalue weighted by Crippen LogP contribution is 2.28. The number of nitrogens with one attached hydrogen (secondary N) is 1. The number of H-pyrrole nitrogens is 1. The third-order valence-electron chi connectivity index (χ3n) is 4.99. The van der Waals surface area contributed by atoms with Gasteiger partial charge in [0.2, 0.25) is 5.91 Å². The molecule has 2 aromatic carbocycles. The standard InChI is InChI=1S/C20H20ClN3O2S/c21-15-5-1-4-8-18(15)27-13-19(25)23-11-9-14(10-12-23)24-17-7-3-2-6-16(17)22-20(24)26/h1-8,14H,9-13H2,(H,22,26). The number of piperidine rings is 1. The van der Waals surface area contributed by atoms with Crippen LogP contribution in [0.1, 0.15) is 18.9 Å². The van der Waals surface area contributed by atoms with Crippen molar-refractivity contribution in [2.45, 2.75) is 23.8 Å². The Bertz CT molecular complexity index is 1020. The summed E-state index contributed by atoms with van der Waals surface area (Å²) in [6.07, 6.45) is 1.56. The van der Waals surface area contributed by atoms with Crippen LogP contribution >= 0.6 is 23.4 Å². The number of thioether (sulfide) groups is 1. The smallest absolute Gasteiger partial charge is 0.326 e. The summed E-state index contributed by atoms with van der Waals surface area (Å²) in [5.41, 5.74) is 1.72. The maximum absolute atomic E-state index is 12.5. The van der Waals surface area contributed by atoms with Gasteiger partial charge < -0.3 is 9.88 Å². The molecule has 0 saturated carbocycles. The summed E-state index contributed by atoms with van der Waals surface area (Å²) >= 11 is 7.62. The van der Waals surface area contributed by atoms with Gasteiger partial charge in [-0.05, 0) is 37.1 Å². The minimum absolute atomic E-state index is 0.0738. The minimum Gasteiger partial charge on any atom is -0.342 e. The predicted octanol–water partition coefficient (Wildman–Crippen LogP) is 3.94. The van der Waals surface area contributed by atoms with E-state index in [0.717, 1.165) is 28.8 Å². The van der Waals surface area contributed by atoms with E-state index in [1.54, 1.807) is 0 Å². The number of fused-ring (bicyclic) bond motifs is 1. The van der Waals surface area contributed by atoms with E-state index in [1.165, 1.54) is 11.8 Å². The number of hydrogen-bond acceptors (Lipinski definition) is 3. The lowest BCUT2D eigenvalue weighted by atomic mass is 10.0. The average molecular weight is 402 g/mol. The zero-order valence-electron chi connectivity index (χ0n) is 14.7. The number of likely N-dealkylation sites (tertiary alicyclic amines) is 1. The van der Waals surface area contributed by atoms with Crippen LogP contribution in [0, 0.1) is 0 Å². The Labute approximate surface area is 166 Å². The number of aromatic nitrogens is 2. The topological polar surface area (TPSA) is 58.1 Å². The Morgan fingerprint density at radius 1 is 1.11 bits per heavy atom. The maximum Gasteiger partial charge on any atom is 0.326 e. The first-order valence-corrected chi connectivity index (χ1v) is 10.3. The van der Waals surface area contributed by atoms with Crippen LogP contribution < -0.4 is 5.69 Å². The number of amides is 1. The van der Waals surface area contributed by atoms with Gasteiger partial charge in [0.05, 0.1) is 21.8 Å². The fourth-order valence-electron chi connectivity index (χ4n) is 3.60. The highest BCUT2D eigenvalue weighted by atomic mass is 35.5. The molecular formula is C20H20ClN3O2S. The molecule has 1 fully saturated rings. The Morgan fingerprint density at radius 2 is 1.81 bits per heavy atom. The first-order chi connectivity index (χ1) is 13.1. The van der Waals surface area contributed by atoms with Crippen molar-refractivity contribution in [3.63, 3.8) is 0 Å². The fraction of sp³-hybridized carbons (Fsp3) is 0.300. The van der Waals surface area contributed by atoms with Crippen LogP contribution in [0.2, 0.25) is 5.02 Å². The number of carbonyl (C=O) groups excluding carboxylic acids is 1. The maximum atomic E-state index is 12.5. The second-order valence-electron chi connectivity index (χ2n) is 6.65. The van der Waals surface area contributed by atoms with Gasteiger partial charge in [-0.25, -0.2) is 4.79 Å². The van der Waals surface area contributed by atoms with Crippen molar-refractivity contribution < 1.29 is 4.79 Å². The zero-order chi connectivity index (χ0) is 18.8. The Morgan fingerprint density at radius 3 is 2.59 bits per heavy atom. The molecule has 1 saturated heterocycles. The third kappa shape index (κ3) is 3.77. The number of para-hydroxylation sites is 2. The van der Waals surface area contributed by atoms with Crippen LogP contribution in [0.15, 0.2) is 58.2 Å². The molecule has 4 rings (SSSR count). The molecule has 27 heavy (non-hydrogen) atoms. The lowest BCUT2D eigenvalue weighted by molar-refractivity contribution is -0.129. The molecular weight excluding hydrogens is 382 g/mol. The molecule has 1 N–H and O–H groups in total. The Kier molecular flexibility index (Phi) is 5.27. The molecule has 1 aliphatic heterocycles. The number of aromatic amines is 1. The molecule has 5 nitrogen and oxygen atoms in total. The number of halogens is 1. The van der Waals surface area contributed by atoms with Crippen LogP contribution in [0.3, 0.4) is 0 Å². The quantitative estimate of drug-likeness (QED) is 0.673. The van der Waals surface area contributed by atoms with Crippen molar-refractivity contribution in [1.29, 1.82) is 0 Å². The van der Waals surface area contributed by atoms with Crippen molar-refractivity contribution in [3.05, 3.63) is 64.0 Å². The molecule has 0 bridgehead atoms. The van der Waals surface area contributed by atoms with E-state index in [-0.39, 0.29) is 17.6 Å². The molecule has 7 heteroatoms. The summed E-state index contributed by atoms with van der Waals surface area (Å²) < 4.78 is 1.84. The molecule has 140 valence electrons. The van der Waals surface area contributed by atoms with Crippen LogP contribution in [0.4, 0.5) is 0 Å². The number of benzene rings is 2.